The molecular formula is C12H17NOS. The van der Waals surface area contributed by atoms with Crippen LogP contribution >= 0.6 is 12.6 Å². The lowest BCUT2D eigenvalue weighted by molar-refractivity contribution is 0.137. The summed E-state index contributed by atoms with van der Waals surface area (Å²) in [5.41, 5.74) is 7.96. The first-order chi connectivity index (χ1) is 6.99. The number of thiol groups is 1. The van der Waals surface area contributed by atoms with Gasteiger partial charge in [-0.3, -0.25) is 0 Å². The zero-order valence-electron chi connectivity index (χ0n) is 9.16. The fourth-order valence-corrected chi connectivity index (χ4v) is 2.33. The molecule has 0 saturated carbocycles. The second-order valence-corrected chi connectivity index (χ2v) is 5.32. The fourth-order valence-electron chi connectivity index (χ4n) is 2.00. The molecule has 0 spiro atoms. The molecule has 0 aromatic heterocycles. The number of hydrogen-bond acceptors (Lipinski definition) is 3. The van der Waals surface area contributed by atoms with Gasteiger partial charge in [-0.2, -0.15) is 12.6 Å². The van der Waals surface area contributed by atoms with Crippen LogP contribution in [-0.2, 0) is 4.74 Å². The summed E-state index contributed by atoms with van der Waals surface area (Å²) in [6.45, 7) is 5.23. The van der Waals surface area contributed by atoms with Crippen LogP contribution in [0.25, 0.3) is 0 Å². The summed E-state index contributed by atoms with van der Waals surface area (Å²) < 4.78 is 5.65. The summed E-state index contributed by atoms with van der Waals surface area (Å²) in [6, 6.07) is 0. The van der Waals surface area contributed by atoms with Gasteiger partial charge in [-0.25, -0.2) is 0 Å². The number of rotatable bonds is 0. The van der Waals surface area contributed by atoms with Gasteiger partial charge in [0.15, 0.2) is 0 Å². The van der Waals surface area contributed by atoms with Gasteiger partial charge in [0.25, 0.3) is 0 Å². The maximum absolute atomic E-state index is 5.84. The maximum atomic E-state index is 5.84. The highest BCUT2D eigenvalue weighted by atomic mass is 32.1. The molecule has 2 aliphatic rings. The van der Waals surface area contributed by atoms with E-state index < -0.39 is 0 Å². The Bertz CT molecular complexity index is 366. The van der Waals surface area contributed by atoms with Crippen LogP contribution in [0.1, 0.15) is 20.3 Å². The van der Waals surface area contributed by atoms with Gasteiger partial charge >= 0.3 is 0 Å². The molecule has 1 heterocycles. The number of nitrogens with two attached hydrogens (primary N) is 1. The van der Waals surface area contributed by atoms with Gasteiger partial charge in [0.05, 0.1) is 6.61 Å². The normalized spacial score (nSPS) is 29.0. The Balaban J connectivity index is 2.45. The van der Waals surface area contributed by atoms with Crippen LogP contribution in [0.4, 0.5) is 0 Å². The Labute approximate surface area is 96.3 Å². The molecule has 1 saturated heterocycles. The van der Waals surface area contributed by atoms with Crippen LogP contribution in [0, 0.1) is 5.41 Å². The van der Waals surface area contributed by atoms with E-state index in [2.05, 4.69) is 32.6 Å². The van der Waals surface area contributed by atoms with Crippen LogP contribution < -0.4 is 5.73 Å². The van der Waals surface area contributed by atoms with Crippen molar-refractivity contribution in [3.63, 3.8) is 0 Å². The second kappa shape index (κ2) is 3.63. The van der Waals surface area contributed by atoms with Crippen molar-refractivity contribution in [3.05, 3.63) is 35.3 Å². The van der Waals surface area contributed by atoms with E-state index >= 15 is 0 Å². The minimum atomic E-state index is 0.0784. The lowest BCUT2D eigenvalue weighted by Crippen LogP contribution is -2.25. The van der Waals surface area contributed by atoms with Crippen molar-refractivity contribution in [1.29, 1.82) is 0 Å². The van der Waals surface area contributed by atoms with Crippen LogP contribution in [0.15, 0.2) is 35.3 Å². The van der Waals surface area contributed by atoms with Gasteiger partial charge in [-0.1, -0.05) is 19.9 Å². The Hall–Kier alpha value is -0.830. The van der Waals surface area contributed by atoms with Crippen molar-refractivity contribution in [1.82, 2.24) is 0 Å². The first-order valence-corrected chi connectivity index (χ1v) is 5.73. The Kier molecular flexibility index (Phi) is 2.59. The summed E-state index contributed by atoms with van der Waals surface area (Å²) in [6.07, 6.45) is 7.01. The molecule has 2 rings (SSSR count). The van der Waals surface area contributed by atoms with E-state index in [0.29, 0.717) is 0 Å². The molecule has 1 fully saturated rings. The number of ether oxygens (including phenoxy) is 1. The monoisotopic (exact) mass is 223 g/mol. The zero-order valence-corrected chi connectivity index (χ0v) is 10.1. The highest BCUT2D eigenvalue weighted by Crippen LogP contribution is 2.41. The maximum Gasteiger partial charge on any atom is 0.124 e. The molecule has 1 atom stereocenters. The first kappa shape index (κ1) is 10.7. The van der Waals surface area contributed by atoms with Gasteiger partial charge in [-0.15, -0.1) is 0 Å². The summed E-state index contributed by atoms with van der Waals surface area (Å²) in [4.78, 5) is 0. The van der Waals surface area contributed by atoms with Crippen molar-refractivity contribution >= 4 is 12.6 Å². The lowest BCUT2D eigenvalue weighted by atomic mass is 9.78. The Morgan fingerprint density at radius 2 is 2.20 bits per heavy atom. The van der Waals surface area contributed by atoms with E-state index in [9.17, 15) is 0 Å². The van der Waals surface area contributed by atoms with Crippen molar-refractivity contribution in [2.75, 3.05) is 6.61 Å². The van der Waals surface area contributed by atoms with E-state index in [4.69, 9.17) is 10.5 Å². The number of allylic oxidation sites excluding steroid dienone is 2. The van der Waals surface area contributed by atoms with E-state index in [1.165, 1.54) is 5.57 Å². The third kappa shape index (κ3) is 2.07. The Morgan fingerprint density at radius 1 is 1.47 bits per heavy atom. The minimum Gasteiger partial charge on any atom is -0.493 e. The summed E-state index contributed by atoms with van der Waals surface area (Å²) >= 11 is 4.46. The van der Waals surface area contributed by atoms with Gasteiger partial charge in [0.2, 0.25) is 0 Å². The molecular weight excluding hydrogens is 206 g/mol. The van der Waals surface area contributed by atoms with Crippen LogP contribution in [0.2, 0.25) is 0 Å². The molecule has 0 aromatic carbocycles. The smallest absolute Gasteiger partial charge is 0.124 e. The van der Waals surface area contributed by atoms with Crippen LogP contribution in [0.3, 0.4) is 0 Å². The van der Waals surface area contributed by atoms with Gasteiger partial charge < -0.3 is 10.5 Å². The third-order valence-electron chi connectivity index (χ3n) is 2.98. The van der Waals surface area contributed by atoms with Crippen molar-refractivity contribution in [2.24, 2.45) is 11.1 Å². The molecule has 2 nitrogen and oxygen atoms in total. The predicted octanol–water partition coefficient (Wildman–Crippen LogP) is 2.40. The largest absolute Gasteiger partial charge is 0.493 e. The van der Waals surface area contributed by atoms with Gasteiger partial charge in [0.1, 0.15) is 5.76 Å². The van der Waals surface area contributed by atoms with Gasteiger partial charge in [-0.05, 0) is 23.5 Å². The van der Waals surface area contributed by atoms with Gasteiger partial charge in [0, 0.05) is 17.0 Å². The SMILES string of the molecule is CC1(C)CCOC2=CC(N)=CC(S)C=C21. The average molecular weight is 223 g/mol. The van der Waals surface area contributed by atoms with Crippen molar-refractivity contribution in [3.8, 4) is 0 Å². The molecule has 1 unspecified atom stereocenters. The Morgan fingerprint density at radius 3 is 2.93 bits per heavy atom. The quantitative estimate of drug-likeness (QED) is 0.619. The molecule has 0 amide bonds. The molecule has 0 radical (unpaired) electrons. The highest BCUT2D eigenvalue weighted by Gasteiger charge is 2.32. The van der Waals surface area contributed by atoms with Crippen LogP contribution in [-0.4, -0.2) is 11.9 Å². The average Bonchev–Trinajstić information content (AvgIpc) is 2.23. The summed E-state index contributed by atoms with van der Waals surface area (Å²) in [5.74, 6) is 0.913. The zero-order chi connectivity index (χ0) is 11.1. The molecule has 0 aromatic rings. The van der Waals surface area contributed by atoms with E-state index in [1.54, 1.807) is 0 Å². The molecule has 1 aliphatic heterocycles. The lowest BCUT2D eigenvalue weighted by Gasteiger charge is -2.34. The molecule has 82 valence electrons. The van der Waals surface area contributed by atoms with E-state index in [-0.39, 0.29) is 10.7 Å². The standard InChI is InChI=1S/C12H17NOS/c1-12(2)3-4-14-11-6-8(13)5-9(15)7-10(11)12/h5-7,9,15H,3-4,13H2,1-2H3. The second-order valence-electron chi connectivity index (χ2n) is 4.73. The number of fused-ring (bicyclic) bond motifs is 1. The fraction of sp³-hybridized carbons (Fsp3) is 0.500. The predicted molar refractivity (Wildman–Crippen MR) is 65.6 cm³/mol. The molecule has 0 bridgehead atoms. The molecule has 3 heteroatoms. The van der Waals surface area contributed by atoms with Crippen molar-refractivity contribution < 1.29 is 4.74 Å². The molecule has 15 heavy (non-hydrogen) atoms. The third-order valence-corrected chi connectivity index (χ3v) is 3.28. The van der Waals surface area contributed by atoms with Crippen molar-refractivity contribution in [2.45, 2.75) is 25.5 Å². The summed E-state index contributed by atoms with van der Waals surface area (Å²) in [5, 5.41) is 0.0784. The molecule has 2 N–H and O–H groups in total. The van der Waals surface area contributed by atoms with E-state index in [0.717, 1.165) is 24.5 Å². The number of hydrogen-bond donors (Lipinski definition) is 2. The first-order valence-electron chi connectivity index (χ1n) is 5.21. The minimum absolute atomic E-state index is 0.0784. The highest BCUT2D eigenvalue weighted by molar-refractivity contribution is 7.81. The topological polar surface area (TPSA) is 35.2 Å². The van der Waals surface area contributed by atoms with Crippen LogP contribution in [0.5, 0.6) is 0 Å². The molecule has 1 aliphatic carbocycles. The summed E-state index contributed by atoms with van der Waals surface area (Å²) in [7, 11) is 0. The van der Waals surface area contributed by atoms with E-state index in [1.807, 2.05) is 12.2 Å².